The van der Waals surface area contributed by atoms with Gasteiger partial charge in [-0.2, -0.15) is 0 Å². The van der Waals surface area contributed by atoms with E-state index >= 15 is 0 Å². The quantitative estimate of drug-likeness (QED) is 0.788. The lowest BCUT2D eigenvalue weighted by Crippen LogP contribution is -2.02. The third-order valence-corrected chi connectivity index (χ3v) is 1.80. The van der Waals surface area contributed by atoms with Gasteiger partial charge in [-0.25, -0.2) is 4.39 Å². The summed E-state index contributed by atoms with van der Waals surface area (Å²) < 4.78 is 12.8. The van der Waals surface area contributed by atoms with Crippen molar-refractivity contribution in [3.05, 3.63) is 41.2 Å². The van der Waals surface area contributed by atoms with Crippen LogP contribution in [0.3, 0.4) is 0 Å². The molecule has 70 valence electrons. The van der Waals surface area contributed by atoms with Crippen LogP contribution in [0.5, 0.6) is 0 Å². The van der Waals surface area contributed by atoms with Gasteiger partial charge in [0, 0.05) is 10.7 Å². The number of halogens is 2. The molecule has 0 unspecified atom stereocenters. The van der Waals surface area contributed by atoms with Gasteiger partial charge in [-0.1, -0.05) is 24.2 Å². The molecule has 1 aromatic carbocycles. The summed E-state index contributed by atoms with van der Waals surface area (Å²) >= 11 is 5.57. The van der Waals surface area contributed by atoms with Crippen molar-refractivity contribution in [1.29, 1.82) is 0 Å². The van der Waals surface area contributed by atoms with E-state index in [1.165, 1.54) is 12.1 Å². The van der Waals surface area contributed by atoms with E-state index in [0.717, 1.165) is 11.3 Å². The van der Waals surface area contributed by atoms with Crippen molar-refractivity contribution in [2.45, 2.75) is 6.92 Å². The van der Waals surface area contributed by atoms with Crippen molar-refractivity contribution in [3.8, 4) is 0 Å². The predicted molar refractivity (Wildman–Crippen MR) is 54.6 cm³/mol. The van der Waals surface area contributed by atoms with Crippen LogP contribution in [0, 0.1) is 12.7 Å². The lowest BCUT2D eigenvalue weighted by atomic mass is 10.2. The number of rotatable bonds is 3. The minimum atomic E-state index is -0.256. The molecule has 0 aromatic heterocycles. The Labute approximate surface area is 82.2 Å². The zero-order valence-corrected chi connectivity index (χ0v) is 8.16. The van der Waals surface area contributed by atoms with Gasteiger partial charge in [0.05, 0.1) is 6.54 Å². The predicted octanol–water partition coefficient (Wildman–Crippen LogP) is 3.30. The van der Waals surface area contributed by atoms with Crippen molar-refractivity contribution in [2.24, 2.45) is 0 Å². The van der Waals surface area contributed by atoms with Crippen LogP contribution in [0.1, 0.15) is 5.56 Å². The molecular weight excluding hydrogens is 189 g/mol. The first-order valence-electron chi connectivity index (χ1n) is 3.93. The number of hydrogen-bond acceptors (Lipinski definition) is 1. The first kappa shape index (κ1) is 10.1. The summed E-state index contributed by atoms with van der Waals surface area (Å²) in [6.45, 7) is 5.88. The Morgan fingerprint density at radius 1 is 1.62 bits per heavy atom. The van der Waals surface area contributed by atoms with E-state index in [9.17, 15) is 4.39 Å². The average molecular weight is 200 g/mol. The van der Waals surface area contributed by atoms with Gasteiger partial charge in [0.15, 0.2) is 0 Å². The fourth-order valence-corrected chi connectivity index (χ4v) is 1.04. The molecule has 0 atom stereocenters. The van der Waals surface area contributed by atoms with Crippen molar-refractivity contribution >= 4 is 17.3 Å². The molecule has 1 aromatic rings. The van der Waals surface area contributed by atoms with Gasteiger partial charge < -0.3 is 5.32 Å². The molecule has 0 saturated heterocycles. The lowest BCUT2D eigenvalue weighted by molar-refractivity contribution is 0.628. The molecule has 0 fully saturated rings. The summed E-state index contributed by atoms with van der Waals surface area (Å²) in [4.78, 5) is 0. The molecule has 13 heavy (non-hydrogen) atoms. The number of anilines is 1. The van der Waals surface area contributed by atoms with Gasteiger partial charge in [-0.3, -0.25) is 0 Å². The van der Waals surface area contributed by atoms with Crippen molar-refractivity contribution < 1.29 is 4.39 Å². The normalized spacial score (nSPS) is 9.77. The van der Waals surface area contributed by atoms with Crippen molar-refractivity contribution in [1.82, 2.24) is 0 Å². The SMILES string of the molecule is C=C(Cl)CNc1cc(F)ccc1C. The van der Waals surface area contributed by atoms with Crippen molar-refractivity contribution in [3.63, 3.8) is 0 Å². The lowest BCUT2D eigenvalue weighted by Gasteiger charge is -2.08. The highest BCUT2D eigenvalue weighted by atomic mass is 35.5. The highest BCUT2D eigenvalue weighted by molar-refractivity contribution is 6.29. The Kier molecular flexibility index (Phi) is 3.32. The molecule has 0 radical (unpaired) electrons. The van der Waals surface area contributed by atoms with E-state index in [4.69, 9.17) is 11.6 Å². The van der Waals surface area contributed by atoms with E-state index < -0.39 is 0 Å². The monoisotopic (exact) mass is 199 g/mol. The van der Waals surface area contributed by atoms with Crippen LogP contribution in [0.25, 0.3) is 0 Å². The number of aryl methyl sites for hydroxylation is 1. The summed E-state index contributed by atoms with van der Waals surface area (Å²) in [6, 6.07) is 4.58. The molecule has 0 heterocycles. The van der Waals surface area contributed by atoms with Crippen LogP contribution >= 0.6 is 11.6 Å². The first-order valence-corrected chi connectivity index (χ1v) is 4.30. The van der Waals surface area contributed by atoms with Gasteiger partial charge in [0.1, 0.15) is 5.82 Å². The largest absolute Gasteiger partial charge is 0.380 e. The van der Waals surface area contributed by atoms with Gasteiger partial charge in [0.25, 0.3) is 0 Å². The standard InChI is InChI=1S/C10H11ClFN/c1-7-3-4-9(12)5-10(7)13-6-8(2)11/h3-5,13H,2,6H2,1H3. The smallest absolute Gasteiger partial charge is 0.125 e. The minimum absolute atomic E-state index is 0.256. The topological polar surface area (TPSA) is 12.0 Å². The Morgan fingerprint density at radius 2 is 2.31 bits per heavy atom. The second kappa shape index (κ2) is 4.28. The molecule has 0 aliphatic heterocycles. The molecular formula is C10H11ClFN. The number of benzene rings is 1. The second-order valence-electron chi connectivity index (χ2n) is 2.83. The van der Waals surface area contributed by atoms with Crippen LogP contribution < -0.4 is 5.32 Å². The maximum Gasteiger partial charge on any atom is 0.125 e. The van der Waals surface area contributed by atoms with Crippen LogP contribution in [-0.2, 0) is 0 Å². The summed E-state index contributed by atoms with van der Waals surface area (Å²) in [5.74, 6) is -0.256. The van der Waals surface area contributed by atoms with Crippen LogP contribution in [0.15, 0.2) is 29.8 Å². The average Bonchev–Trinajstić information content (AvgIpc) is 2.06. The third-order valence-electron chi connectivity index (χ3n) is 1.67. The highest BCUT2D eigenvalue weighted by Gasteiger charge is 1.99. The maximum atomic E-state index is 12.8. The molecule has 1 rings (SSSR count). The van der Waals surface area contributed by atoms with E-state index in [2.05, 4.69) is 11.9 Å². The second-order valence-corrected chi connectivity index (χ2v) is 3.36. The molecule has 0 bridgehead atoms. The molecule has 0 spiro atoms. The summed E-state index contributed by atoms with van der Waals surface area (Å²) in [5.41, 5.74) is 1.74. The Morgan fingerprint density at radius 3 is 2.92 bits per heavy atom. The van der Waals surface area contributed by atoms with E-state index in [-0.39, 0.29) is 5.82 Å². The summed E-state index contributed by atoms with van der Waals surface area (Å²) in [6.07, 6.45) is 0. The molecule has 0 aliphatic rings. The van der Waals surface area contributed by atoms with Gasteiger partial charge >= 0.3 is 0 Å². The highest BCUT2D eigenvalue weighted by Crippen LogP contribution is 2.16. The van der Waals surface area contributed by atoms with Gasteiger partial charge in [-0.05, 0) is 24.6 Å². The van der Waals surface area contributed by atoms with E-state index in [0.29, 0.717) is 11.6 Å². The van der Waals surface area contributed by atoms with Gasteiger partial charge in [-0.15, -0.1) is 0 Å². The van der Waals surface area contributed by atoms with Crippen LogP contribution in [-0.4, -0.2) is 6.54 Å². The number of hydrogen-bond donors (Lipinski definition) is 1. The summed E-state index contributed by atoms with van der Waals surface area (Å²) in [7, 11) is 0. The molecule has 1 N–H and O–H groups in total. The molecule has 0 aliphatic carbocycles. The Bertz CT molecular complexity index is 323. The third kappa shape index (κ3) is 3.07. The Hall–Kier alpha value is -1.02. The minimum Gasteiger partial charge on any atom is -0.380 e. The fourth-order valence-electron chi connectivity index (χ4n) is 0.976. The van der Waals surface area contributed by atoms with E-state index in [1.54, 1.807) is 6.07 Å². The molecule has 0 saturated carbocycles. The number of nitrogens with one attached hydrogen (secondary N) is 1. The van der Waals surface area contributed by atoms with Crippen LogP contribution in [0.4, 0.5) is 10.1 Å². The molecule has 0 amide bonds. The first-order chi connectivity index (χ1) is 6.09. The van der Waals surface area contributed by atoms with E-state index in [1.807, 2.05) is 6.92 Å². The zero-order valence-electron chi connectivity index (χ0n) is 7.40. The zero-order chi connectivity index (χ0) is 9.84. The fraction of sp³-hybridized carbons (Fsp3) is 0.200. The summed E-state index contributed by atoms with van der Waals surface area (Å²) in [5, 5.41) is 3.49. The molecule has 1 nitrogen and oxygen atoms in total. The maximum absolute atomic E-state index is 12.8. The van der Waals surface area contributed by atoms with Gasteiger partial charge in [0.2, 0.25) is 0 Å². The Balaban J connectivity index is 2.75. The molecule has 3 heteroatoms. The van der Waals surface area contributed by atoms with Crippen molar-refractivity contribution in [2.75, 3.05) is 11.9 Å². The van der Waals surface area contributed by atoms with Crippen LogP contribution in [0.2, 0.25) is 0 Å².